The van der Waals surface area contributed by atoms with Crippen LogP contribution in [0.3, 0.4) is 0 Å². The predicted octanol–water partition coefficient (Wildman–Crippen LogP) is 2.17. The van der Waals surface area contributed by atoms with Crippen LogP contribution in [0, 0.1) is 11.3 Å². The minimum Gasteiger partial charge on any atom is -0.497 e. The number of nitriles is 1. The molecule has 2 N–H and O–H groups in total. The van der Waals surface area contributed by atoms with E-state index in [2.05, 4.69) is 0 Å². The third kappa shape index (κ3) is 3.10. The molecule has 0 aliphatic carbocycles. The Morgan fingerprint density at radius 3 is 2.52 bits per heavy atom. The van der Waals surface area contributed by atoms with Gasteiger partial charge in [-0.3, -0.25) is 0 Å². The molecule has 0 fully saturated rings. The molecule has 0 amide bonds. The molecule has 1 heterocycles. The van der Waals surface area contributed by atoms with Crippen LogP contribution in [-0.2, 0) is 14.3 Å². The summed E-state index contributed by atoms with van der Waals surface area (Å²) in [7, 11) is 2.80. The van der Waals surface area contributed by atoms with Crippen molar-refractivity contribution < 1.29 is 19.0 Å². The van der Waals surface area contributed by atoms with Crippen LogP contribution in [-0.4, -0.2) is 26.1 Å². The molecule has 0 radical (unpaired) electrons. The van der Waals surface area contributed by atoms with Gasteiger partial charge in [-0.1, -0.05) is 12.1 Å². The van der Waals surface area contributed by atoms with Gasteiger partial charge in [-0.25, -0.2) is 4.79 Å². The number of hydrogen-bond donors (Lipinski definition) is 1. The molecule has 6 nitrogen and oxygen atoms in total. The standard InChI is InChI=1S/C16H15ClN2O4/c1-21-10-5-3-9(4-6-10)13-11(8-18)15(19)23-12(7-17)14(13)16(20)22-2/h3-6,13H,7,19H2,1-2H3/t13-/m0/s1. The van der Waals surface area contributed by atoms with Crippen LogP contribution in [0.5, 0.6) is 5.75 Å². The monoisotopic (exact) mass is 334 g/mol. The van der Waals surface area contributed by atoms with Gasteiger partial charge in [0.15, 0.2) is 0 Å². The second-order valence-corrected chi connectivity index (χ2v) is 4.93. The molecule has 1 atom stereocenters. The number of nitrogens with two attached hydrogens (primary N) is 1. The maximum absolute atomic E-state index is 12.2. The van der Waals surface area contributed by atoms with Crippen LogP contribution < -0.4 is 10.5 Å². The van der Waals surface area contributed by atoms with E-state index in [4.69, 9.17) is 31.5 Å². The molecule has 0 saturated carbocycles. The van der Waals surface area contributed by atoms with E-state index in [1.807, 2.05) is 6.07 Å². The topological polar surface area (TPSA) is 94.6 Å². The Morgan fingerprint density at radius 2 is 2.04 bits per heavy atom. The van der Waals surface area contributed by atoms with Crippen molar-refractivity contribution in [1.29, 1.82) is 5.26 Å². The molecule has 120 valence electrons. The summed E-state index contributed by atoms with van der Waals surface area (Å²) < 4.78 is 15.3. The van der Waals surface area contributed by atoms with Crippen molar-refractivity contribution in [3.05, 3.63) is 52.6 Å². The van der Waals surface area contributed by atoms with Crippen LogP contribution in [0.25, 0.3) is 0 Å². The van der Waals surface area contributed by atoms with Crippen molar-refractivity contribution in [2.45, 2.75) is 5.92 Å². The average Bonchev–Trinajstić information content (AvgIpc) is 2.60. The molecule has 0 aromatic heterocycles. The van der Waals surface area contributed by atoms with Crippen molar-refractivity contribution in [2.75, 3.05) is 20.1 Å². The van der Waals surface area contributed by atoms with Crippen LogP contribution in [0.15, 0.2) is 47.1 Å². The molecule has 0 unspecified atom stereocenters. The fraction of sp³-hybridized carbons (Fsp3) is 0.250. The summed E-state index contributed by atoms with van der Waals surface area (Å²) in [5.41, 5.74) is 6.78. The van der Waals surface area contributed by atoms with Gasteiger partial charge in [0.05, 0.1) is 31.6 Å². The largest absolute Gasteiger partial charge is 0.497 e. The number of methoxy groups -OCH3 is 2. The third-order valence-corrected chi connectivity index (χ3v) is 3.72. The fourth-order valence-electron chi connectivity index (χ4n) is 2.38. The first kappa shape index (κ1) is 16.7. The van der Waals surface area contributed by atoms with Gasteiger partial charge in [-0.05, 0) is 17.7 Å². The minimum absolute atomic E-state index is 0.0726. The maximum atomic E-state index is 12.2. The molecule has 1 aromatic carbocycles. The Bertz CT molecular complexity index is 717. The van der Waals surface area contributed by atoms with E-state index >= 15 is 0 Å². The zero-order chi connectivity index (χ0) is 17.0. The number of carbonyl (C=O) groups excluding carboxylic acids is 1. The summed E-state index contributed by atoms with van der Waals surface area (Å²) in [5.74, 6) is -0.649. The van der Waals surface area contributed by atoms with E-state index in [9.17, 15) is 10.1 Å². The highest BCUT2D eigenvalue weighted by molar-refractivity contribution is 6.19. The first-order chi connectivity index (χ1) is 11.1. The van der Waals surface area contributed by atoms with Crippen LogP contribution in [0.4, 0.5) is 0 Å². The van der Waals surface area contributed by atoms with Gasteiger partial charge >= 0.3 is 5.97 Å². The van der Waals surface area contributed by atoms with E-state index in [0.717, 1.165) is 0 Å². The third-order valence-electron chi connectivity index (χ3n) is 3.47. The van der Waals surface area contributed by atoms with Crippen LogP contribution >= 0.6 is 11.6 Å². The Labute approximate surface area is 138 Å². The predicted molar refractivity (Wildman–Crippen MR) is 83.4 cm³/mol. The molecule has 1 aliphatic heterocycles. The van der Waals surface area contributed by atoms with Crippen molar-refractivity contribution in [1.82, 2.24) is 0 Å². The fourth-order valence-corrected chi connectivity index (χ4v) is 2.58. The van der Waals surface area contributed by atoms with E-state index in [-0.39, 0.29) is 28.7 Å². The summed E-state index contributed by atoms with van der Waals surface area (Å²) in [6.45, 7) is 0. The lowest BCUT2D eigenvalue weighted by molar-refractivity contribution is -0.136. The van der Waals surface area contributed by atoms with E-state index in [1.165, 1.54) is 7.11 Å². The van der Waals surface area contributed by atoms with Crippen molar-refractivity contribution >= 4 is 17.6 Å². The lowest BCUT2D eigenvalue weighted by atomic mass is 9.83. The van der Waals surface area contributed by atoms with Gasteiger partial charge in [-0.2, -0.15) is 5.26 Å². The van der Waals surface area contributed by atoms with Crippen LogP contribution in [0.1, 0.15) is 11.5 Å². The van der Waals surface area contributed by atoms with E-state index in [0.29, 0.717) is 11.3 Å². The Balaban J connectivity index is 2.63. The lowest BCUT2D eigenvalue weighted by Gasteiger charge is -2.27. The van der Waals surface area contributed by atoms with Crippen molar-refractivity contribution in [3.8, 4) is 11.8 Å². The van der Waals surface area contributed by atoms with Crippen molar-refractivity contribution in [3.63, 3.8) is 0 Å². The first-order valence-electron chi connectivity index (χ1n) is 6.66. The molecule has 0 bridgehead atoms. The Morgan fingerprint density at radius 1 is 1.39 bits per heavy atom. The molecule has 23 heavy (non-hydrogen) atoms. The lowest BCUT2D eigenvalue weighted by Crippen LogP contribution is -2.26. The zero-order valence-corrected chi connectivity index (χ0v) is 13.4. The van der Waals surface area contributed by atoms with Crippen molar-refractivity contribution in [2.24, 2.45) is 5.73 Å². The second kappa shape index (κ2) is 7.07. The summed E-state index contributed by atoms with van der Waals surface area (Å²) in [4.78, 5) is 12.2. The molecular formula is C16H15ClN2O4. The average molecular weight is 335 g/mol. The van der Waals surface area contributed by atoms with Gasteiger partial charge in [0.25, 0.3) is 0 Å². The normalized spacial score (nSPS) is 17.4. The number of nitrogens with zero attached hydrogens (tertiary/aromatic N) is 1. The van der Waals surface area contributed by atoms with Gasteiger partial charge < -0.3 is 19.9 Å². The highest BCUT2D eigenvalue weighted by atomic mass is 35.5. The molecule has 7 heteroatoms. The number of carbonyl (C=O) groups is 1. The van der Waals surface area contributed by atoms with Gasteiger partial charge in [-0.15, -0.1) is 11.6 Å². The highest BCUT2D eigenvalue weighted by Gasteiger charge is 2.37. The van der Waals surface area contributed by atoms with E-state index in [1.54, 1.807) is 31.4 Å². The highest BCUT2D eigenvalue weighted by Crippen LogP contribution is 2.40. The second-order valence-electron chi connectivity index (χ2n) is 4.66. The Hall–Kier alpha value is -2.65. The number of allylic oxidation sites excluding steroid dienone is 2. The van der Waals surface area contributed by atoms with Gasteiger partial charge in [0, 0.05) is 0 Å². The summed E-state index contributed by atoms with van der Waals surface area (Å²) in [6, 6.07) is 8.94. The summed E-state index contributed by atoms with van der Waals surface area (Å²) in [5, 5.41) is 9.42. The number of halogens is 1. The molecule has 1 aliphatic rings. The smallest absolute Gasteiger partial charge is 0.338 e. The van der Waals surface area contributed by atoms with E-state index < -0.39 is 11.9 Å². The number of rotatable bonds is 4. The number of hydrogen-bond acceptors (Lipinski definition) is 6. The molecule has 0 spiro atoms. The molecule has 0 saturated heterocycles. The number of benzene rings is 1. The summed E-state index contributed by atoms with van der Waals surface area (Å²) >= 11 is 5.86. The van der Waals surface area contributed by atoms with Gasteiger partial charge in [0.1, 0.15) is 23.2 Å². The SMILES string of the molecule is COC(=O)C1=C(CCl)OC(N)=C(C#N)[C@@H]1c1ccc(OC)cc1. The Kier molecular flexibility index (Phi) is 5.14. The number of esters is 1. The number of alkyl halides is 1. The minimum atomic E-state index is -0.708. The zero-order valence-electron chi connectivity index (χ0n) is 12.6. The number of ether oxygens (including phenoxy) is 3. The quantitative estimate of drug-likeness (QED) is 0.669. The summed E-state index contributed by atoms with van der Waals surface area (Å²) in [6.07, 6.45) is 0. The molecular weight excluding hydrogens is 320 g/mol. The molecule has 2 rings (SSSR count). The molecule has 1 aromatic rings. The first-order valence-corrected chi connectivity index (χ1v) is 7.19. The maximum Gasteiger partial charge on any atom is 0.338 e. The van der Waals surface area contributed by atoms with Crippen LogP contribution in [0.2, 0.25) is 0 Å². The van der Waals surface area contributed by atoms with Gasteiger partial charge in [0.2, 0.25) is 5.88 Å².